The van der Waals surface area contributed by atoms with Gasteiger partial charge in [-0.15, -0.1) is 0 Å². The Morgan fingerprint density at radius 1 is 1.28 bits per heavy atom. The number of H-pyrrole nitrogens is 1. The molecule has 0 saturated carbocycles. The van der Waals surface area contributed by atoms with Crippen molar-refractivity contribution in [3.8, 4) is 0 Å². The van der Waals surface area contributed by atoms with E-state index in [1.807, 2.05) is 25.1 Å². The molecule has 1 heterocycles. The first-order valence-corrected chi connectivity index (χ1v) is 5.97. The van der Waals surface area contributed by atoms with Gasteiger partial charge in [0.05, 0.1) is 0 Å². The summed E-state index contributed by atoms with van der Waals surface area (Å²) in [5, 5.41) is 9.28. The third-order valence-electron chi connectivity index (χ3n) is 2.65. The van der Waals surface area contributed by atoms with E-state index in [1.54, 1.807) is 0 Å². The Kier molecular flexibility index (Phi) is 4.06. The van der Waals surface area contributed by atoms with E-state index in [0.29, 0.717) is 11.5 Å². The van der Waals surface area contributed by atoms with Crippen molar-refractivity contribution in [1.82, 2.24) is 15.2 Å². The minimum Gasteiger partial charge on any atom is -0.368 e. The van der Waals surface area contributed by atoms with Crippen LogP contribution in [0.5, 0.6) is 0 Å². The monoisotopic (exact) mass is 244 g/mol. The lowest BCUT2D eigenvalue weighted by Gasteiger charge is -2.06. The molecule has 0 amide bonds. The molecule has 0 aliphatic heterocycles. The van der Waals surface area contributed by atoms with E-state index in [1.165, 1.54) is 5.56 Å². The minimum atomic E-state index is -0.425. The Labute approximate surface area is 105 Å². The fourth-order valence-corrected chi connectivity index (χ4v) is 1.70. The van der Waals surface area contributed by atoms with Crippen LogP contribution in [0.2, 0.25) is 0 Å². The molecule has 0 bridgehead atoms. The summed E-state index contributed by atoms with van der Waals surface area (Å²) in [7, 11) is 0. The average Bonchev–Trinajstić information content (AvgIpc) is 2.40. The zero-order valence-corrected chi connectivity index (χ0v) is 10.3. The standard InChI is InChI=1S/C13H16N4O/c1-10-12(15-13(18)17-16-10)14-9-5-8-11-6-3-2-4-7-11/h2-4,6-7H,5,8-9H2,1H3,(H2,14,15,17,18). The summed E-state index contributed by atoms with van der Waals surface area (Å²) in [5.74, 6) is 0.562. The average molecular weight is 244 g/mol. The summed E-state index contributed by atoms with van der Waals surface area (Å²) in [4.78, 5) is 14.9. The maximum atomic E-state index is 11.0. The maximum Gasteiger partial charge on any atom is 0.363 e. The first kappa shape index (κ1) is 12.3. The van der Waals surface area contributed by atoms with E-state index < -0.39 is 5.69 Å². The van der Waals surface area contributed by atoms with E-state index in [0.717, 1.165) is 19.4 Å². The molecule has 5 heteroatoms. The molecule has 0 aliphatic carbocycles. The number of aromatic amines is 1. The molecular weight excluding hydrogens is 228 g/mol. The molecule has 2 rings (SSSR count). The van der Waals surface area contributed by atoms with Crippen LogP contribution < -0.4 is 11.0 Å². The molecule has 5 nitrogen and oxygen atoms in total. The first-order valence-electron chi connectivity index (χ1n) is 5.97. The predicted molar refractivity (Wildman–Crippen MR) is 70.6 cm³/mol. The minimum absolute atomic E-state index is 0.425. The Bertz CT molecular complexity index is 550. The van der Waals surface area contributed by atoms with Gasteiger partial charge in [-0.3, -0.25) is 0 Å². The van der Waals surface area contributed by atoms with Gasteiger partial charge in [-0.1, -0.05) is 30.3 Å². The molecule has 18 heavy (non-hydrogen) atoms. The predicted octanol–water partition coefficient (Wildman–Crippen LogP) is 1.52. The van der Waals surface area contributed by atoms with Crippen LogP contribution in [0.15, 0.2) is 35.1 Å². The molecule has 0 atom stereocenters. The van der Waals surface area contributed by atoms with E-state index in [2.05, 4.69) is 32.6 Å². The summed E-state index contributed by atoms with van der Waals surface area (Å²) in [6.45, 7) is 2.58. The van der Waals surface area contributed by atoms with Crippen molar-refractivity contribution in [1.29, 1.82) is 0 Å². The van der Waals surface area contributed by atoms with Crippen LogP contribution in [0.3, 0.4) is 0 Å². The Balaban J connectivity index is 1.82. The lowest BCUT2D eigenvalue weighted by atomic mass is 10.1. The number of aryl methyl sites for hydroxylation is 2. The van der Waals surface area contributed by atoms with Crippen LogP contribution in [-0.2, 0) is 6.42 Å². The zero-order chi connectivity index (χ0) is 12.8. The van der Waals surface area contributed by atoms with Crippen molar-refractivity contribution < 1.29 is 0 Å². The van der Waals surface area contributed by atoms with Gasteiger partial charge < -0.3 is 5.32 Å². The van der Waals surface area contributed by atoms with Crippen molar-refractivity contribution in [2.75, 3.05) is 11.9 Å². The number of nitrogens with one attached hydrogen (secondary N) is 2. The van der Waals surface area contributed by atoms with Gasteiger partial charge in [-0.2, -0.15) is 10.1 Å². The highest BCUT2D eigenvalue weighted by atomic mass is 16.1. The third-order valence-corrected chi connectivity index (χ3v) is 2.65. The van der Waals surface area contributed by atoms with Crippen molar-refractivity contribution in [2.45, 2.75) is 19.8 Å². The fraction of sp³-hybridized carbons (Fsp3) is 0.308. The number of benzene rings is 1. The lowest BCUT2D eigenvalue weighted by molar-refractivity contribution is 0.834. The SMILES string of the molecule is Cc1n[nH]c(=O)nc1NCCCc1ccccc1. The smallest absolute Gasteiger partial charge is 0.363 e. The normalized spacial score (nSPS) is 10.3. The topological polar surface area (TPSA) is 70.7 Å². The second kappa shape index (κ2) is 5.95. The van der Waals surface area contributed by atoms with Crippen LogP contribution in [0.25, 0.3) is 0 Å². The molecule has 0 spiro atoms. The second-order valence-electron chi connectivity index (χ2n) is 4.09. The fourth-order valence-electron chi connectivity index (χ4n) is 1.70. The number of hydrogen-bond donors (Lipinski definition) is 2. The van der Waals surface area contributed by atoms with E-state index in [-0.39, 0.29) is 0 Å². The molecule has 0 fully saturated rings. The molecular formula is C13H16N4O. The molecule has 2 aromatic rings. The summed E-state index contributed by atoms with van der Waals surface area (Å²) in [5.41, 5.74) is 1.59. The number of aromatic nitrogens is 3. The largest absolute Gasteiger partial charge is 0.368 e. The van der Waals surface area contributed by atoms with Crippen LogP contribution in [-0.4, -0.2) is 21.7 Å². The Hall–Kier alpha value is -2.17. The Morgan fingerprint density at radius 2 is 2.06 bits per heavy atom. The maximum absolute atomic E-state index is 11.0. The highest BCUT2D eigenvalue weighted by Gasteiger charge is 2.01. The van der Waals surface area contributed by atoms with Gasteiger partial charge in [-0.25, -0.2) is 9.89 Å². The van der Waals surface area contributed by atoms with Gasteiger partial charge in [0.2, 0.25) is 0 Å². The van der Waals surface area contributed by atoms with Crippen LogP contribution in [0.4, 0.5) is 5.82 Å². The molecule has 0 radical (unpaired) electrons. The zero-order valence-electron chi connectivity index (χ0n) is 10.3. The molecule has 1 aromatic heterocycles. The van der Waals surface area contributed by atoms with Crippen LogP contribution in [0, 0.1) is 6.92 Å². The number of anilines is 1. The second-order valence-corrected chi connectivity index (χ2v) is 4.09. The number of hydrogen-bond acceptors (Lipinski definition) is 4. The van der Waals surface area contributed by atoms with E-state index >= 15 is 0 Å². The molecule has 0 saturated heterocycles. The Morgan fingerprint density at radius 3 is 2.83 bits per heavy atom. The van der Waals surface area contributed by atoms with Crippen molar-refractivity contribution >= 4 is 5.82 Å². The summed E-state index contributed by atoms with van der Waals surface area (Å²) >= 11 is 0. The number of rotatable bonds is 5. The van der Waals surface area contributed by atoms with Crippen molar-refractivity contribution in [3.05, 3.63) is 52.1 Å². The summed E-state index contributed by atoms with van der Waals surface area (Å²) < 4.78 is 0. The van der Waals surface area contributed by atoms with Crippen LogP contribution in [0.1, 0.15) is 17.7 Å². The van der Waals surface area contributed by atoms with Gasteiger partial charge in [0.15, 0.2) is 5.82 Å². The molecule has 1 aromatic carbocycles. The lowest BCUT2D eigenvalue weighted by Crippen LogP contribution is -2.17. The summed E-state index contributed by atoms with van der Waals surface area (Å²) in [6.07, 6.45) is 1.99. The third kappa shape index (κ3) is 3.41. The van der Waals surface area contributed by atoms with Crippen molar-refractivity contribution in [2.24, 2.45) is 0 Å². The highest BCUT2D eigenvalue weighted by Crippen LogP contribution is 2.05. The molecule has 0 aliphatic rings. The summed E-state index contributed by atoms with van der Waals surface area (Å²) in [6, 6.07) is 10.3. The van der Waals surface area contributed by atoms with Gasteiger partial charge in [0.25, 0.3) is 0 Å². The van der Waals surface area contributed by atoms with Gasteiger partial charge in [0.1, 0.15) is 5.69 Å². The molecule has 2 N–H and O–H groups in total. The van der Waals surface area contributed by atoms with Gasteiger partial charge in [-0.05, 0) is 25.3 Å². The van der Waals surface area contributed by atoms with E-state index in [9.17, 15) is 4.79 Å². The first-order chi connectivity index (χ1) is 8.75. The van der Waals surface area contributed by atoms with Crippen LogP contribution >= 0.6 is 0 Å². The highest BCUT2D eigenvalue weighted by molar-refractivity contribution is 5.37. The number of nitrogens with zero attached hydrogens (tertiary/aromatic N) is 2. The molecule has 0 unspecified atom stereocenters. The van der Waals surface area contributed by atoms with Gasteiger partial charge >= 0.3 is 5.69 Å². The van der Waals surface area contributed by atoms with Crippen molar-refractivity contribution in [3.63, 3.8) is 0 Å². The molecule has 94 valence electrons. The van der Waals surface area contributed by atoms with Gasteiger partial charge in [0, 0.05) is 6.54 Å². The quantitative estimate of drug-likeness (QED) is 0.782. The van der Waals surface area contributed by atoms with E-state index in [4.69, 9.17) is 0 Å².